The third-order valence-corrected chi connectivity index (χ3v) is 5.94. The maximum atomic E-state index is 13.5. The van der Waals surface area contributed by atoms with Crippen molar-refractivity contribution in [1.82, 2.24) is 14.9 Å². The number of hydrogen-bond donors (Lipinski definition) is 1. The number of aromatic nitrogens is 2. The number of nitrogens with zero attached hydrogens (tertiary/aromatic N) is 3. The summed E-state index contributed by atoms with van der Waals surface area (Å²) in [6.07, 6.45) is 4.18. The lowest BCUT2D eigenvalue weighted by molar-refractivity contribution is -0.123. The van der Waals surface area contributed by atoms with Gasteiger partial charge in [-0.25, -0.2) is 0 Å². The highest BCUT2D eigenvalue weighted by molar-refractivity contribution is 7.03. The van der Waals surface area contributed by atoms with E-state index in [4.69, 9.17) is 0 Å². The molecule has 1 aliphatic carbocycles. The van der Waals surface area contributed by atoms with Gasteiger partial charge >= 0.3 is 0 Å². The van der Waals surface area contributed by atoms with Gasteiger partial charge in [0.05, 0.1) is 0 Å². The summed E-state index contributed by atoms with van der Waals surface area (Å²) < 4.78 is 3.83. The van der Waals surface area contributed by atoms with Gasteiger partial charge in [0, 0.05) is 17.1 Å². The molecule has 1 N–H and O–H groups in total. The zero-order valence-electron chi connectivity index (χ0n) is 16.8. The Morgan fingerprint density at radius 2 is 1.77 bits per heavy atom. The first kappa shape index (κ1) is 20.2. The van der Waals surface area contributed by atoms with Gasteiger partial charge in [-0.2, -0.15) is 0 Å². The van der Waals surface area contributed by atoms with Crippen molar-refractivity contribution in [3.63, 3.8) is 0 Å². The maximum Gasteiger partial charge on any atom is 0.280 e. The fourth-order valence-corrected chi connectivity index (χ4v) is 4.30. The summed E-state index contributed by atoms with van der Waals surface area (Å²) in [6.45, 7) is 2.00. The molecule has 154 valence electrons. The Labute approximate surface area is 180 Å². The van der Waals surface area contributed by atoms with Crippen LogP contribution in [0.5, 0.6) is 0 Å². The molecule has 1 atom stereocenters. The van der Waals surface area contributed by atoms with Crippen molar-refractivity contribution < 1.29 is 9.59 Å². The Bertz CT molecular complexity index is 984. The van der Waals surface area contributed by atoms with Crippen LogP contribution in [0.3, 0.4) is 0 Å². The number of anilines is 1. The molecule has 4 rings (SSSR count). The molecule has 1 aliphatic rings. The number of para-hydroxylation sites is 1. The third kappa shape index (κ3) is 4.41. The first-order valence-corrected chi connectivity index (χ1v) is 11.0. The van der Waals surface area contributed by atoms with Crippen molar-refractivity contribution in [2.45, 2.75) is 44.7 Å². The Kier molecular flexibility index (Phi) is 6.18. The van der Waals surface area contributed by atoms with Crippen molar-refractivity contribution >= 4 is 29.0 Å². The third-order valence-electron chi connectivity index (χ3n) is 5.43. The average molecular weight is 421 g/mol. The second kappa shape index (κ2) is 9.17. The van der Waals surface area contributed by atoms with E-state index >= 15 is 0 Å². The molecule has 1 heterocycles. The van der Waals surface area contributed by atoms with Crippen molar-refractivity contribution in [2.75, 3.05) is 4.90 Å². The monoisotopic (exact) mass is 420 g/mol. The highest BCUT2D eigenvalue weighted by Gasteiger charge is 2.35. The first-order chi connectivity index (χ1) is 14.6. The smallest absolute Gasteiger partial charge is 0.280 e. The zero-order chi connectivity index (χ0) is 20.9. The van der Waals surface area contributed by atoms with E-state index in [2.05, 4.69) is 14.9 Å². The Morgan fingerprint density at radius 3 is 2.40 bits per heavy atom. The van der Waals surface area contributed by atoms with E-state index in [9.17, 15) is 9.59 Å². The van der Waals surface area contributed by atoms with Crippen LogP contribution in [0.1, 0.15) is 53.3 Å². The van der Waals surface area contributed by atoms with E-state index in [1.54, 1.807) is 5.38 Å². The minimum absolute atomic E-state index is 0.152. The number of benzene rings is 2. The number of carbonyl (C=O) groups is 2. The van der Waals surface area contributed by atoms with Crippen molar-refractivity contribution in [1.29, 1.82) is 0 Å². The highest BCUT2D eigenvalue weighted by atomic mass is 32.1. The molecule has 7 heteroatoms. The normalized spacial score (nSPS) is 15.0. The van der Waals surface area contributed by atoms with Gasteiger partial charge in [0.25, 0.3) is 5.91 Å². The number of nitrogens with one attached hydrogen (secondary N) is 1. The molecular weight excluding hydrogens is 396 g/mol. The van der Waals surface area contributed by atoms with Gasteiger partial charge in [0.1, 0.15) is 6.04 Å². The van der Waals surface area contributed by atoms with Gasteiger partial charge in [0.15, 0.2) is 5.69 Å². The minimum Gasteiger partial charge on any atom is -0.351 e. The summed E-state index contributed by atoms with van der Waals surface area (Å²) in [4.78, 5) is 28.5. The maximum absolute atomic E-state index is 13.5. The molecule has 0 saturated heterocycles. The Balaban J connectivity index is 1.78. The predicted octanol–water partition coefficient (Wildman–Crippen LogP) is 4.29. The van der Waals surface area contributed by atoms with Crippen LogP contribution in [0.25, 0.3) is 0 Å². The summed E-state index contributed by atoms with van der Waals surface area (Å²) in [7, 11) is 0. The van der Waals surface area contributed by atoms with Gasteiger partial charge in [-0.1, -0.05) is 65.4 Å². The average Bonchev–Trinajstić information content (AvgIpc) is 3.47. The molecule has 1 saturated carbocycles. The van der Waals surface area contributed by atoms with Crippen LogP contribution in [0, 0.1) is 6.92 Å². The molecule has 0 aliphatic heterocycles. The number of amides is 2. The molecule has 0 bridgehead atoms. The van der Waals surface area contributed by atoms with Gasteiger partial charge in [-0.05, 0) is 49.0 Å². The van der Waals surface area contributed by atoms with Crippen LogP contribution in [0.15, 0.2) is 60.0 Å². The quantitative estimate of drug-likeness (QED) is 0.645. The van der Waals surface area contributed by atoms with Gasteiger partial charge in [0.2, 0.25) is 5.91 Å². The molecule has 3 aromatic rings. The molecule has 0 unspecified atom stereocenters. The zero-order valence-corrected chi connectivity index (χ0v) is 17.6. The lowest BCUT2D eigenvalue weighted by Gasteiger charge is -2.32. The van der Waals surface area contributed by atoms with Crippen molar-refractivity contribution in [2.24, 2.45) is 0 Å². The van der Waals surface area contributed by atoms with E-state index in [-0.39, 0.29) is 23.6 Å². The number of rotatable bonds is 6. The van der Waals surface area contributed by atoms with Crippen molar-refractivity contribution in [3.8, 4) is 0 Å². The molecule has 2 aromatic carbocycles. The molecule has 1 aromatic heterocycles. The van der Waals surface area contributed by atoms with Crippen molar-refractivity contribution in [3.05, 3.63) is 76.8 Å². The fourth-order valence-electron chi connectivity index (χ4n) is 3.87. The van der Waals surface area contributed by atoms with Crippen LogP contribution in [0.2, 0.25) is 0 Å². The number of aryl methyl sites for hydroxylation is 1. The fraction of sp³-hybridized carbons (Fsp3) is 0.304. The molecule has 0 spiro atoms. The van der Waals surface area contributed by atoms with E-state index in [1.807, 2.05) is 61.5 Å². The van der Waals surface area contributed by atoms with Crippen LogP contribution in [-0.4, -0.2) is 27.4 Å². The summed E-state index contributed by atoms with van der Waals surface area (Å²) >= 11 is 1.12. The molecule has 30 heavy (non-hydrogen) atoms. The van der Waals surface area contributed by atoms with Crippen LogP contribution in [-0.2, 0) is 4.79 Å². The molecular formula is C23H24N4O2S. The molecule has 6 nitrogen and oxygen atoms in total. The summed E-state index contributed by atoms with van der Waals surface area (Å²) in [5.41, 5.74) is 2.73. The Morgan fingerprint density at radius 1 is 1.07 bits per heavy atom. The summed E-state index contributed by atoms with van der Waals surface area (Å²) in [5.74, 6) is -0.520. The molecule has 0 radical (unpaired) electrons. The first-order valence-electron chi connectivity index (χ1n) is 10.2. The highest BCUT2D eigenvalue weighted by Crippen LogP contribution is 2.30. The van der Waals surface area contributed by atoms with E-state index in [1.165, 1.54) is 4.90 Å². The standard InChI is InChI=1S/C23H24N4O2S/c1-16-11-13-17(14-12-16)21(22(28)24-18-7-5-6-8-18)27(19-9-3-2-4-10-19)23(29)20-15-30-26-25-20/h2-4,9-15,18,21H,5-8H2,1H3,(H,24,28)/t21-/m0/s1. The summed E-state index contributed by atoms with van der Waals surface area (Å²) in [6, 6.07) is 16.4. The SMILES string of the molecule is Cc1ccc([C@@H](C(=O)NC2CCCC2)N(C(=O)c2csnn2)c2ccccc2)cc1. The largest absolute Gasteiger partial charge is 0.351 e. The van der Waals surface area contributed by atoms with E-state index in [0.29, 0.717) is 5.69 Å². The van der Waals surface area contributed by atoms with Crippen LogP contribution in [0.4, 0.5) is 5.69 Å². The Hall–Kier alpha value is -3.06. The van der Waals surface area contributed by atoms with Crippen LogP contribution < -0.4 is 10.2 Å². The predicted molar refractivity (Wildman–Crippen MR) is 117 cm³/mol. The topological polar surface area (TPSA) is 75.2 Å². The number of hydrogen-bond acceptors (Lipinski definition) is 5. The molecule has 2 amide bonds. The second-order valence-corrected chi connectivity index (χ2v) is 8.21. The number of carbonyl (C=O) groups excluding carboxylic acids is 2. The van der Waals surface area contributed by atoms with Gasteiger partial charge in [-0.3, -0.25) is 14.5 Å². The van der Waals surface area contributed by atoms with Gasteiger partial charge in [-0.15, -0.1) is 5.10 Å². The lowest BCUT2D eigenvalue weighted by atomic mass is 10.0. The lowest BCUT2D eigenvalue weighted by Crippen LogP contribution is -2.46. The minimum atomic E-state index is -0.803. The van der Waals surface area contributed by atoms with E-state index < -0.39 is 6.04 Å². The summed E-state index contributed by atoms with van der Waals surface area (Å²) in [5, 5.41) is 8.75. The van der Waals surface area contributed by atoms with Crippen LogP contribution >= 0.6 is 11.5 Å². The molecule has 1 fully saturated rings. The van der Waals surface area contributed by atoms with E-state index in [0.717, 1.165) is 48.3 Å². The second-order valence-electron chi connectivity index (χ2n) is 7.60. The van der Waals surface area contributed by atoms with Gasteiger partial charge < -0.3 is 5.32 Å².